The molecule has 2 N–H and O–H groups in total. The molecule has 0 spiro atoms. The maximum atomic E-state index is 12.5. The fourth-order valence-electron chi connectivity index (χ4n) is 2.21. The number of amides is 2. The molecule has 0 fully saturated rings. The number of nitrogens with zero attached hydrogens (tertiary/aromatic N) is 2. The second kappa shape index (κ2) is 8.20. The molecule has 0 bridgehead atoms. The highest BCUT2D eigenvalue weighted by Crippen LogP contribution is 2.27. The lowest BCUT2D eigenvalue weighted by atomic mass is 10.0. The Labute approximate surface area is 152 Å². The van der Waals surface area contributed by atoms with Crippen molar-refractivity contribution in [3.8, 4) is 10.6 Å². The molecular weight excluding hydrogens is 336 g/mol. The van der Waals surface area contributed by atoms with Crippen molar-refractivity contribution < 1.29 is 9.59 Å². The number of aryl methyl sites for hydroxylation is 1. The van der Waals surface area contributed by atoms with Crippen molar-refractivity contribution in [2.45, 2.75) is 40.7 Å². The van der Waals surface area contributed by atoms with Gasteiger partial charge in [-0.25, -0.2) is 0 Å². The van der Waals surface area contributed by atoms with Gasteiger partial charge in [0.25, 0.3) is 0 Å². The minimum atomic E-state index is -0.610. The third-order valence-electron chi connectivity index (χ3n) is 3.69. The number of carbonyl (C=O) groups is 2. The molecule has 134 valence electrons. The molecule has 1 aromatic heterocycles. The highest BCUT2D eigenvalue weighted by atomic mass is 32.1. The van der Waals surface area contributed by atoms with E-state index in [0.29, 0.717) is 5.13 Å². The van der Waals surface area contributed by atoms with E-state index in [2.05, 4.69) is 20.8 Å². The van der Waals surface area contributed by atoms with Crippen molar-refractivity contribution in [3.63, 3.8) is 0 Å². The van der Waals surface area contributed by atoms with Crippen LogP contribution in [0.25, 0.3) is 10.6 Å². The van der Waals surface area contributed by atoms with Gasteiger partial charge in [0.2, 0.25) is 16.9 Å². The Morgan fingerprint density at radius 1 is 1.08 bits per heavy atom. The first-order valence-electron chi connectivity index (χ1n) is 8.29. The van der Waals surface area contributed by atoms with Crippen molar-refractivity contribution in [1.29, 1.82) is 0 Å². The lowest BCUT2D eigenvalue weighted by Gasteiger charge is -2.21. The molecule has 1 aromatic carbocycles. The first kappa shape index (κ1) is 19.1. The Hall–Kier alpha value is -2.28. The second-order valence-corrected chi connectivity index (χ2v) is 7.63. The SMILES string of the molecule is Cc1cccc(-c2nnc(NC(=O)[C@@H](NC(=O)C(C)C)C(C)C)s2)c1. The van der Waals surface area contributed by atoms with Crippen LogP contribution < -0.4 is 10.6 Å². The molecule has 7 heteroatoms. The van der Waals surface area contributed by atoms with Crippen LogP contribution in [0.2, 0.25) is 0 Å². The van der Waals surface area contributed by atoms with E-state index in [4.69, 9.17) is 0 Å². The van der Waals surface area contributed by atoms with Crippen LogP contribution in [0.1, 0.15) is 33.3 Å². The summed E-state index contributed by atoms with van der Waals surface area (Å²) in [5.74, 6) is -0.641. The molecule has 0 saturated carbocycles. The zero-order valence-electron chi connectivity index (χ0n) is 15.2. The van der Waals surface area contributed by atoms with Crippen LogP contribution in [-0.4, -0.2) is 28.1 Å². The van der Waals surface area contributed by atoms with Gasteiger partial charge in [0.15, 0.2) is 0 Å². The lowest BCUT2D eigenvalue weighted by Crippen LogP contribution is -2.48. The van der Waals surface area contributed by atoms with Crippen molar-refractivity contribution in [2.24, 2.45) is 11.8 Å². The third-order valence-corrected chi connectivity index (χ3v) is 4.58. The van der Waals surface area contributed by atoms with E-state index in [9.17, 15) is 9.59 Å². The van der Waals surface area contributed by atoms with Gasteiger partial charge < -0.3 is 5.32 Å². The highest BCUT2D eigenvalue weighted by molar-refractivity contribution is 7.18. The Morgan fingerprint density at radius 2 is 1.80 bits per heavy atom. The van der Waals surface area contributed by atoms with E-state index >= 15 is 0 Å². The van der Waals surface area contributed by atoms with Crippen molar-refractivity contribution in [1.82, 2.24) is 15.5 Å². The van der Waals surface area contributed by atoms with Crippen LogP contribution in [0, 0.1) is 18.8 Å². The van der Waals surface area contributed by atoms with Crippen LogP contribution in [0.15, 0.2) is 24.3 Å². The van der Waals surface area contributed by atoms with Crippen molar-refractivity contribution in [2.75, 3.05) is 5.32 Å². The summed E-state index contributed by atoms with van der Waals surface area (Å²) in [6, 6.07) is 7.34. The fraction of sp³-hybridized carbons (Fsp3) is 0.444. The number of anilines is 1. The van der Waals surface area contributed by atoms with Crippen LogP contribution in [0.4, 0.5) is 5.13 Å². The number of benzene rings is 1. The Bertz CT molecular complexity index is 755. The number of aromatic nitrogens is 2. The first-order valence-corrected chi connectivity index (χ1v) is 9.11. The molecule has 1 heterocycles. The number of nitrogens with one attached hydrogen (secondary N) is 2. The molecule has 25 heavy (non-hydrogen) atoms. The molecule has 0 radical (unpaired) electrons. The summed E-state index contributed by atoms with van der Waals surface area (Å²) in [6.07, 6.45) is 0. The second-order valence-electron chi connectivity index (χ2n) is 6.66. The standard InChI is InChI=1S/C18H24N4O2S/c1-10(2)14(19-15(23)11(3)4)16(24)20-18-22-21-17(25-18)13-8-6-7-12(5)9-13/h6-11,14H,1-5H3,(H,19,23)(H,20,22,24)/t14-/m0/s1. The van der Waals surface area contributed by atoms with E-state index in [1.807, 2.05) is 45.0 Å². The number of hydrogen-bond donors (Lipinski definition) is 2. The van der Waals surface area contributed by atoms with E-state index in [-0.39, 0.29) is 23.7 Å². The molecule has 2 amide bonds. The molecule has 0 saturated heterocycles. The summed E-state index contributed by atoms with van der Waals surface area (Å²) >= 11 is 1.31. The summed E-state index contributed by atoms with van der Waals surface area (Å²) < 4.78 is 0. The van der Waals surface area contributed by atoms with Crippen LogP contribution in [-0.2, 0) is 9.59 Å². The third kappa shape index (κ3) is 5.09. The van der Waals surface area contributed by atoms with Crippen LogP contribution in [0.5, 0.6) is 0 Å². The predicted octanol–water partition coefficient (Wildman–Crippen LogP) is 3.25. The zero-order valence-corrected chi connectivity index (χ0v) is 16.0. The highest BCUT2D eigenvalue weighted by Gasteiger charge is 2.26. The molecule has 1 atom stereocenters. The van der Waals surface area contributed by atoms with E-state index < -0.39 is 6.04 Å². The van der Waals surface area contributed by atoms with Gasteiger partial charge in [0.1, 0.15) is 11.0 Å². The zero-order chi connectivity index (χ0) is 18.6. The van der Waals surface area contributed by atoms with Crippen LogP contribution >= 0.6 is 11.3 Å². The van der Waals surface area contributed by atoms with Gasteiger partial charge in [-0.05, 0) is 18.9 Å². The lowest BCUT2D eigenvalue weighted by molar-refractivity contribution is -0.129. The van der Waals surface area contributed by atoms with Crippen molar-refractivity contribution in [3.05, 3.63) is 29.8 Å². The van der Waals surface area contributed by atoms with Gasteiger partial charge in [-0.1, -0.05) is 62.8 Å². The normalized spacial score (nSPS) is 12.3. The Morgan fingerprint density at radius 3 is 2.40 bits per heavy atom. The van der Waals surface area contributed by atoms with Gasteiger partial charge in [0, 0.05) is 11.5 Å². The summed E-state index contributed by atoms with van der Waals surface area (Å²) in [5.41, 5.74) is 2.10. The summed E-state index contributed by atoms with van der Waals surface area (Å²) in [4.78, 5) is 24.4. The summed E-state index contributed by atoms with van der Waals surface area (Å²) in [5, 5.41) is 14.9. The van der Waals surface area contributed by atoms with Crippen LogP contribution in [0.3, 0.4) is 0 Å². The van der Waals surface area contributed by atoms with Gasteiger partial charge in [-0.2, -0.15) is 0 Å². The Balaban J connectivity index is 2.10. The van der Waals surface area contributed by atoms with E-state index in [1.54, 1.807) is 13.8 Å². The smallest absolute Gasteiger partial charge is 0.249 e. The van der Waals surface area contributed by atoms with E-state index in [1.165, 1.54) is 11.3 Å². The number of carbonyl (C=O) groups excluding carboxylic acids is 2. The first-order chi connectivity index (χ1) is 11.8. The van der Waals surface area contributed by atoms with Gasteiger partial charge in [0.05, 0.1) is 0 Å². The summed E-state index contributed by atoms with van der Waals surface area (Å²) in [6.45, 7) is 9.39. The molecule has 0 aliphatic carbocycles. The molecule has 2 aromatic rings. The molecule has 0 aliphatic rings. The molecule has 0 aliphatic heterocycles. The molecular formula is C18H24N4O2S. The number of hydrogen-bond acceptors (Lipinski definition) is 5. The van der Waals surface area contributed by atoms with Gasteiger partial charge in [-0.3, -0.25) is 14.9 Å². The average Bonchev–Trinajstić information content (AvgIpc) is 3.00. The number of rotatable bonds is 6. The average molecular weight is 360 g/mol. The molecule has 6 nitrogen and oxygen atoms in total. The molecule has 0 unspecified atom stereocenters. The van der Waals surface area contributed by atoms with E-state index in [0.717, 1.165) is 16.1 Å². The Kier molecular flexibility index (Phi) is 6.25. The fourth-order valence-corrected chi connectivity index (χ4v) is 2.95. The molecule has 2 rings (SSSR count). The maximum absolute atomic E-state index is 12.5. The van der Waals surface area contributed by atoms with Crippen molar-refractivity contribution >= 4 is 28.3 Å². The minimum Gasteiger partial charge on any atom is -0.344 e. The largest absolute Gasteiger partial charge is 0.344 e. The van der Waals surface area contributed by atoms with Gasteiger partial charge >= 0.3 is 0 Å². The maximum Gasteiger partial charge on any atom is 0.249 e. The quantitative estimate of drug-likeness (QED) is 0.828. The predicted molar refractivity (Wildman–Crippen MR) is 100 cm³/mol. The minimum absolute atomic E-state index is 0.0353. The summed E-state index contributed by atoms with van der Waals surface area (Å²) in [7, 11) is 0. The van der Waals surface area contributed by atoms with Gasteiger partial charge in [-0.15, -0.1) is 10.2 Å². The monoisotopic (exact) mass is 360 g/mol. The topological polar surface area (TPSA) is 84.0 Å².